The van der Waals surface area contributed by atoms with E-state index >= 15 is 0 Å². The first-order valence-electron chi connectivity index (χ1n) is 15.9. The molecule has 7 rings (SSSR count). The van der Waals surface area contributed by atoms with Crippen LogP contribution in [0.25, 0.3) is 0 Å². The number of anilines is 1. The molecule has 4 aliphatic rings. The van der Waals surface area contributed by atoms with Crippen molar-refractivity contribution in [3.8, 4) is 0 Å². The maximum absolute atomic E-state index is 13.4. The molecule has 44 heavy (non-hydrogen) atoms. The second kappa shape index (κ2) is 11.9. The van der Waals surface area contributed by atoms with Crippen molar-refractivity contribution < 1.29 is 13.2 Å². The monoisotopic (exact) mass is 611 g/mol. The number of sulfonamides is 1. The van der Waals surface area contributed by atoms with Crippen LogP contribution in [0.5, 0.6) is 0 Å². The molecule has 1 saturated carbocycles. The Kier molecular flexibility index (Phi) is 7.91. The van der Waals surface area contributed by atoms with Gasteiger partial charge in [0.05, 0.1) is 16.3 Å². The molecule has 3 heterocycles. The molecule has 3 aromatic carbocycles. The number of nitrogens with zero attached hydrogens (tertiary/aromatic N) is 3. The number of aliphatic imine (C=N–C) groups is 1. The van der Waals surface area contributed by atoms with Crippen LogP contribution < -0.4 is 10.0 Å². The summed E-state index contributed by atoms with van der Waals surface area (Å²) >= 11 is 0. The maximum atomic E-state index is 13.4. The SMILES string of the molecule is CCN1CCC2(CCN(Cc3ccc(N=C(c4ccccc4)C4C(=O)Nc5ccc(S(=O)(=O)NCC6CC6)cc54)cc3)C2)C1. The summed E-state index contributed by atoms with van der Waals surface area (Å²) in [6.07, 6.45) is 4.69. The second-order valence-corrected chi connectivity index (χ2v) is 14.8. The van der Waals surface area contributed by atoms with Crippen LogP contribution in [-0.4, -0.2) is 69.1 Å². The highest BCUT2D eigenvalue weighted by atomic mass is 32.2. The minimum Gasteiger partial charge on any atom is -0.325 e. The van der Waals surface area contributed by atoms with E-state index in [-0.39, 0.29) is 10.8 Å². The van der Waals surface area contributed by atoms with E-state index in [1.165, 1.54) is 31.5 Å². The third-order valence-electron chi connectivity index (χ3n) is 9.84. The maximum Gasteiger partial charge on any atom is 0.240 e. The van der Waals surface area contributed by atoms with Crippen molar-refractivity contribution in [1.82, 2.24) is 14.5 Å². The second-order valence-electron chi connectivity index (χ2n) is 13.1. The van der Waals surface area contributed by atoms with Crippen molar-refractivity contribution >= 4 is 33.0 Å². The molecule has 3 aromatic rings. The number of amides is 1. The van der Waals surface area contributed by atoms with E-state index in [9.17, 15) is 13.2 Å². The zero-order chi connectivity index (χ0) is 30.3. The Morgan fingerprint density at radius 1 is 0.977 bits per heavy atom. The van der Waals surface area contributed by atoms with Crippen LogP contribution in [-0.2, 0) is 21.4 Å². The number of benzene rings is 3. The summed E-state index contributed by atoms with van der Waals surface area (Å²) in [5.74, 6) is -0.527. The van der Waals surface area contributed by atoms with E-state index in [4.69, 9.17) is 4.99 Å². The lowest BCUT2D eigenvalue weighted by atomic mass is 9.86. The van der Waals surface area contributed by atoms with Gasteiger partial charge in [-0.3, -0.25) is 14.7 Å². The largest absolute Gasteiger partial charge is 0.325 e. The van der Waals surface area contributed by atoms with Gasteiger partial charge >= 0.3 is 0 Å². The van der Waals surface area contributed by atoms with Crippen LogP contribution in [0.2, 0.25) is 0 Å². The molecule has 2 N–H and O–H groups in total. The van der Waals surface area contributed by atoms with Crippen molar-refractivity contribution in [2.45, 2.75) is 50.0 Å². The Balaban J connectivity index is 1.14. The fourth-order valence-electron chi connectivity index (χ4n) is 7.08. The van der Waals surface area contributed by atoms with Gasteiger partial charge in [0.15, 0.2) is 0 Å². The summed E-state index contributed by atoms with van der Waals surface area (Å²) in [6.45, 7) is 9.51. The van der Waals surface area contributed by atoms with Gasteiger partial charge in [-0.15, -0.1) is 0 Å². The summed E-state index contributed by atoms with van der Waals surface area (Å²) in [7, 11) is -3.69. The molecule has 1 aliphatic carbocycles. The van der Waals surface area contributed by atoms with Crippen molar-refractivity contribution in [1.29, 1.82) is 0 Å². The number of hydrogen-bond acceptors (Lipinski definition) is 6. The molecule has 3 fully saturated rings. The quantitative estimate of drug-likeness (QED) is 0.310. The van der Waals surface area contributed by atoms with Gasteiger partial charge in [0, 0.05) is 31.9 Å². The average Bonchev–Trinajstić information content (AvgIpc) is 3.53. The van der Waals surface area contributed by atoms with E-state index in [0.717, 1.165) is 50.3 Å². The van der Waals surface area contributed by atoms with Crippen LogP contribution in [0.3, 0.4) is 0 Å². The number of likely N-dealkylation sites (tertiary alicyclic amines) is 2. The Labute approximate surface area is 260 Å². The van der Waals surface area contributed by atoms with Gasteiger partial charge in [-0.25, -0.2) is 13.1 Å². The molecule has 0 aromatic heterocycles. The van der Waals surface area contributed by atoms with Crippen molar-refractivity contribution in [3.63, 3.8) is 0 Å². The van der Waals surface area contributed by atoms with E-state index in [1.807, 2.05) is 42.5 Å². The molecule has 230 valence electrons. The molecule has 2 atom stereocenters. The molecular formula is C35H41N5O3S. The predicted octanol–water partition coefficient (Wildman–Crippen LogP) is 5.15. The summed E-state index contributed by atoms with van der Waals surface area (Å²) in [5.41, 5.74) is 5.13. The van der Waals surface area contributed by atoms with Gasteiger partial charge < -0.3 is 10.2 Å². The van der Waals surface area contributed by atoms with Crippen molar-refractivity contribution in [3.05, 3.63) is 89.5 Å². The summed E-state index contributed by atoms with van der Waals surface area (Å²) in [5, 5.41) is 2.96. The highest BCUT2D eigenvalue weighted by Gasteiger charge is 2.42. The number of fused-ring (bicyclic) bond motifs is 1. The minimum absolute atomic E-state index is 0.166. The number of carbonyl (C=O) groups is 1. The molecule has 2 saturated heterocycles. The highest BCUT2D eigenvalue weighted by Crippen LogP contribution is 2.40. The van der Waals surface area contributed by atoms with Crippen LogP contribution in [0, 0.1) is 11.3 Å². The van der Waals surface area contributed by atoms with Crippen LogP contribution in [0.1, 0.15) is 55.2 Å². The van der Waals surface area contributed by atoms with E-state index < -0.39 is 15.9 Å². The lowest BCUT2D eigenvalue weighted by Gasteiger charge is -2.24. The van der Waals surface area contributed by atoms with Gasteiger partial charge in [0.2, 0.25) is 15.9 Å². The topological polar surface area (TPSA) is 94.1 Å². The highest BCUT2D eigenvalue weighted by molar-refractivity contribution is 7.89. The smallest absolute Gasteiger partial charge is 0.240 e. The lowest BCUT2D eigenvalue weighted by Crippen LogP contribution is -2.30. The fraction of sp³-hybridized carbons (Fsp3) is 0.429. The van der Waals surface area contributed by atoms with Crippen molar-refractivity contribution in [2.75, 3.05) is 44.6 Å². The van der Waals surface area contributed by atoms with E-state index in [1.54, 1.807) is 18.2 Å². The molecule has 1 spiro atoms. The normalized spacial score (nSPS) is 24.2. The van der Waals surface area contributed by atoms with Gasteiger partial charge in [-0.2, -0.15) is 0 Å². The third kappa shape index (κ3) is 6.11. The number of rotatable bonds is 10. The first-order chi connectivity index (χ1) is 21.3. The van der Waals surface area contributed by atoms with Gasteiger partial charge in [0.1, 0.15) is 5.92 Å². The molecule has 0 bridgehead atoms. The molecule has 8 nitrogen and oxygen atoms in total. The van der Waals surface area contributed by atoms with Crippen molar-refractivity contribution in [2.24, 2.45) is 16.3 Å². The Hall–Kier alpha value is -3.37. The summed E-state index contributed by atoms with van der Waals surface area (Å²) in [4.78, 5) is 23.8. The van der Waals surface area contributed by atoms with Gasteiger partial charge in [-0.1, -0.05) is 49.4 Å². The van der Waals surface area contributed by atoms with Gasteiger partial charge in [0.25, 0.3) is 0 Å². The molecule has 1 amide bonds. The lowest BCUT2D eigenvalue weighted by molar-refractivity contribution is -0.115. The minimum atomic E-state index is -3.69. The van der Waals surface area contributed by atoms with E-state index in [2.05, 4.69) is 38.9 Å². The van der Waals surface area contributed by atoms with E-state index in [0.29, 0.717) is 34.8 Å². The average molecular weight is 612 g/mol. The first-order valence-corrected chi connectivity index (χ1v) is 17.4. The molecule has 2 unspecified atom stereocenters. The Morgan fingerprint density at radius 2 is 1.70 bits per heavy atom. The summed E-state index contributed by atoms with van der Waals surface area (Å²) < 4.78 is 28.9. The molecular weight excluding hydrogens is 570 g/mol. The fourth-order valence-corrected chi connectivity index (χ4v) is 8.23. The Bertz CT molecular complexity index is 1670. The summed E-state index contributed by atoms with van der Waals surface area (Å²) in [6, 6.07) is 22.9. The Morgan fingerprint density at radius 3 is 2.41 bits per heavy atom. The molecule has 0 radical (unpaired) electrons. The van der Waals surface area contributed by atoms with Crippen LogP contribution in [0.15, 0.2) is 82.7 Å². The third-order valence-corrected chi connectivity index (χ3v) is 11.3. The molecule has 3 aliphatic heterocycles. The zero-order valence-electron chi connectivity index (χ0n) is 25.3. The van der Waals surface area contributed by atoms with Crippen LogP contribution >= 0.6 is 0 Å². The number of carbonyl (C=O) groups excluding carboxylic acids is 1. The number of hydrogen-bond donors (Lipinski definition) is 2. The predicted molar refractivity (Wildman–Crippen MR) is 174 cm³/mol. The standard InChI is InChI=1S/C35H41N5O3S/c1-2-39-18-16-35(23-39)17-19-40(24-35)22-26-10-12-28(13-11-26)37-33(27-6-4-3-5-7-27)32-30-20-29(14-15-31(30)38-34(32)41)44(42,43)36-21-25-8-9-25/h3-7,10-15,20,25,32,36H,2,8-9,16-19,21-24H2,1H3,(H,38,41). The first kappa shape index (κ1) is 29.3. The molecule has 9 heteroatoms. The van der Waals surface area contributed by atoms with Crippen LogP contribution in [0.4, 0.5) is 11.4 Å². The van der Waals surface area contributed by atoms with Gasteiger partial charge in [-0.05, 0) is 104 Å². The number of nitrogens with one attached hydrogen (secondary N) is 2. The zero-order valence-corrected chi connectivity index (χ0v) is 26.2.